The molecule has 1 aliphatic carbocycles. The quantitative estimate of drug-likeness (QED) is 0.803. The molecule has 0 saturated heterocycles. The summed E-state index contributed by atoms with van der Waals surface area (Å²) in [6.45, 7) is 4.34. The summed E-state index contributed by atoms with van der Waals surface area (Å²) >= 11 is 0. The fraction of sp³-hybridized carbons (Fsp3) is 0.562. The lowest BCUT2D eigenvalue weighted by molar-refractivity contribution is -0.125. The number of primary amides is 1. The van der Waals surface area contributed by atoms with Gasteiger partial charge in [-0.3, -0.25) is 4.79 Å². The van der Waals surface area contributed by atoms with Crippen molar-refractivity contribution in [3.63, 3.8) is 0 Å². The highest BCUT2D eigenvalue weighted by Gasteiger charge is 2.34. The fourth-order valence-electron chi connectivity index (χ4n) is 2.25. The van der Waals surface area contributed by atoms with Crippen LogP contribution in [0.2, 0.25) is 0 Å². The van der Waals surface area contributed by atoms with E-state index in [0.29, 0.717) is 18.5 Å². The highest BCUT2D eigenvalue weighted by Crippen LogP contribution is 2.41. The van der Waals surface area contributed by atoms with Gasteiger partial charge in [-0.2, -0.15) is 0 Å². The van der Waals surface area contributed by atoms with Gasteiger partial charge in [-0.1, -0.05) is 12.1 Å². The number of nitrogens with two attached hydrogens (primary N) is 1. The molecule has 2 rings (SSSR count). The van der Waals surface area contributed by atoms with Gasteiger partial charge in [0.2, 0.25) is 5.91 Å². The first-order chi connectivity index (χ1) is 9.44. The zero-order valence-corrected chi connectivity index (χ0v) is 12.5. The number of nitrogens with one attached hydrogen (secondary N) is 1. The molecule has 0 heterocycles. The number of benzene rings is 1. The lowest BCUT2D eigenvalue weighted by atomic mass is 9.91. The van der Waals surface area contributed by atoms with Crippen LogP contribution in [-0.2, 0) is 4.79 Å². The Hall–Kier alpha value is -1.55. The second-order valence-corrected chi connectivity index (χ2v) is 6.22. The van der Waals surface area contributed by atoms with E-state index in [4.69, 9.17) is 10.5 Å². The van der Waals surface area contributed by atoms with Gasteiger partial charge in [-0.05, 0) is 50.3 Å². The summed E-state index contributed by atoms with van der Waals surface area (Å²) in [6.07, 6.45) is 2.47. The van der Waals surface area contributed by atoms with E-state index in [1.54, 1.807) is 7.11 Å². The molecule has 0 bridgehead atoms. The van der Waals surface area contributed by atoms with Gasteiger partial charge in [-0.15, -0.1) is 0 Å². The Morgan fingerprint density at radius 2 is 2.00 bits per heavy atom. The minimum absolute atomic E-state index is 0.269. The average molecular weight is 276 g/mol. The third kappa shape index (κ3) is 3.51. The molecular weight excluding hydrogens is 252 g/mol. The maximum atomic E-state index is 11.4. The Balaban J connectivity index is 2.05. The van der Waals surface area contributed by atoms with E-state index < -0.39 is 5.41 Å². The largest absolute Gasteiger partial charge is 0.497 e. The minimum atomic E-state index is -0.528. The summed E-state index contributed by atoms with van der Waals surface area (Å²) in [7, 11) is 1.67. The number of hydrogen-bond acceptors (Lipinski definition) is 3. The highest BCUT2D eigenvalue weighted by molar-refractivity contribution is 5.80. The van der Waals surface area contributed by atoms with E-state index in [0.717, 1.165) is 5.75 Å². The molecule has 3 N–H and O–H groups in total. The summed E-state index contributed by atoms with van der Waals surface area (Å²) in [5.74, 6) is 1.25. The van der Waals surface area contributed by atoms with Crippen LogP contribution >= 0.6 is 0 Å². The molecule has 1 aliphatic rings. The summed E-state index contributed by atoms with van der Waals surface area (Å²) < 4.78 is 5.19. The van der Waals surface area contributed by atoms with Crippen LogP contribution < -0.4 is 15.8 Å². The van der Waals surface area contributed by atoms with Gasteiger partial charge in [-0.25, -0.2) is 0 Å². The SMILES string of the molecule is COc1ccc(C(NCC(C)(C)C(N)=O)C2CC2)cc1. The van der Waals surface area contributed by atoms with E-state index in [2.05, 4.69) is 17.4 Å². The molecule has 1 aromatic rings. The van der Waals surface area contributed by atoms with Crippen molar-refractivity contribution < 1.29 is 9.53 Å². The molecule has 4 heteroatoms. The Bertz CT molecular complexity index is 464. The van der Waals surface area contributed by atoms with Crippen molar-refractivity contribution in [2.75, 3.05) is 13.7 Å². The summed E-state index contributed by atoms with van der Waals surface area (Å²) in [5, 5.41) is 3.52. The van der Waals surface area contributed by atoms with Crippen LogP contribution in [0.15, 0.2) is 24.3 Å². The van der Waals surface area contributed by atoms with Crippen LogP contribution in [-0.4, -0.2) is 19.6 Å². The number of rotatable bonds is 7. The van der Waals surface area contributed by atoms with Gasteiger partial charge in [0.1, 0.15) is 5.75 Å². The zero-order chi connectivity index (χ0) is 14.8. The Morgan fingerprint density at radius 3 is 2.45 bits per heavy atom. The van der Waals surface area contributed by atoms with Gasteiger partial charge in [0.15, 0.2) is 0 Å². The third-order valence-corrected chi connectivity index (χ3v) is 4.00. The molecule has 0 aromatic heterocycles. The van der Waals surface area contributed by atoms with Gasteiger partial charge in [0.05, 0.1) is 12.5 Å². The van der Waals surface area contributed by atoms with E-state index in [1.165, 1.54) is 18.4 Å². The van der Waals surface area contributed by atoms with Crippen LogP contribution in [0.25, 0.3) is 0 Å². The van der Waals surface area contributed by atoms with Crippen LogP contribution in [0.3, 0.4) is 0 Å². The third-order valence-electron chi connectivity index (χ3n) is 4.00. The smallest absolute Gasteiger partial charge is 0.224 e. The van der Waals surface area contributed by atoms with Gasteiger partial charge < -0.3 is 15.8 Å². The molecule has 1 fully saturated rings. The van der Waals surface area contributed by atoms with Crippen molar-refractivity contribution in [3.05, 3.63) is 29.8 Å². The molecule has 0 spiro atoms. The normalized spacial score (nSPS) is 16.8. The Kier molecular flexibility index (Phi) is 4.33. The van der Waals surface area contributed by atoms with Crippen LogP contribution in [0.1, 0.15) is 38.3 Å². The molecule has 4 nitrogen and oxygen atoms in total. The lowest BCUT2D eigenvalue weighted by Gasteiger charge is -2.26. The van der Waals surface area contributed by atoms with Crippen molar-refractivity contribution in [3.8, 4) is 5.75 Å². The average Bonchev–Trinajstić information content (AvgIpc) is 3.24. The zero-order valence-electron chi connectivity index (χ0n) is 12.5. The first-order valence-corrected chi connectivity index (χ1v) is 7.11. The molecule has 1 atom stereocenters. The van der Waals surface area contributed by atoms with Crippen LogP contribution in [0, 0.1) is 11.3 Å². The van der Waals surface area contributed by atoms with E-state index in [9.17, 15) is 4.79 Å². The first-order valence-electron chi connectivity index (χ1n) is 7.11. The highest BCUT2D eigenvalue weighted by atomic mass is 16.5. The molecule has 0 radical (unpaired) electrons. The molecule has 20 heavy (non-hydrogen) atoms. The molecular formula is C16H24N2O2. The number of hydrogen-bond donors (Lipinski definition) is 2. The Morgan fingerprint density at radius 1 is 1.40 bits per heavy atom. The predicted octanol–water partition coefficient (Wildman–Crippen LogP) is 2.25. The standard InChI is InChI=1S/C16H24N2O2/c1-16(2,15(17)19)10-18-14(11-4-5-11)12-6-8-13(20-3)9-7-12/h6-9,11,14,18H,4-5,10H2,1-3H3,(H2,17,19). The summed E-state index contributed by atoms with van der Waals surface area (Å²) in [6, 6.07) is 8.43. The van der Waals surface area contributed by atoms with Crippen LogP contribution in [0.4, 0.5) is 0 Å². The van der Waals surface area contributed by atoms with Crippen molar-refractivity contribution >= 4 is 5.91 Å². The van der Waals surface area contributed by atoms with Gasteiger partial charge in [0.25, 0.3) is 0 Å². The second kappa shape index (κ2) is 5.83. The second-order valence-electron chi connectivity index (χ2n) is 6.22. The molecule has 1 aromatic carbocycles. The Labute approximate surface area is 120 Å². The van der Waals surface area contributed by atoms with E-state index in [-0.39, 0.29) is 5.91 Å². The van der Waals surface area contributed by atoms with Crippen molar-refractivity contribution in [1.82, 2.24) is 5.32 Å². The van der Waals surface area contributed by atoms with E-state index in [1.807, 2.05) is 26.0 Å². The topological polar surface area (TPSA) is 64.3 Å². The van der Waals surface area contributed by atoms with Crippen molar-refractivity contribution in [1.29, 1.82) is 0 Å². The number of amides is 1. The number of carbonyl (C=O) groups is 1. The van der Waals surface area contributed by atoms with Crippen LogP contribution in [0.5, 0.6) is 5.75 Å². The molecule has 1 saturated carbocycles. The molecule has 1 amide bonds. The summed E-state index contributed by atoms with van der Waals surface area (Å²) in [5.41, 5.74) is 6.15. The molecule has 0 aliphatic heterocycles. The number of methoxy groups -OCH3 is 1. The van der Waals surface area contributed by atoms with Crippen molar-refractivity contribution in [2.24, 2.45) is 17.1 Å². The van der Waals surface area contributed by atoms with E-state index >= 15 is 0 Å². The molecule has 110 valence electrons. The predicted molar refractivity (Wildman–Crippen MR) is 79.4 cm³/mol. The fourth-order valence-corrected chi connectivity index (χ4v) is 2.25. The number of ether oxygens (including phenoxy) is 1. The monoisotopic (exact) mass is 276 g/mol. The van der Waals surface area contributed by atoms with Gasteiger partial charge in [0, 0.05) is 12.6 Å². The maximum absolute atomic E-state index is 11.4. The first kappa shape index (κ1) is 14.9. The minimum Gasteiger partial charge on any atom is -0.497 e. The molecule has 1 unspecified atom stereocenters. The maximum Gasteiger partial charge on any atom is 0.224 e. The van der Waals surface area contributed by atoms with Crippen molar-refractivity contribution in [2.45, 2.75) is 32.7 Å². The number of carbonyl (C=O) groups excluding carboxylic acids is 1. The lowest BCUT2D eigenvalue weighted by Crippen LogP contribution is -2.42. The summed E-state index contributed by atoms with van der Waals surface area (Å²) in [4.78, 5) is 11.4. The van der Waals surface area contributed by atoms with Gasteiger partial charge >= 0.3 is 0 Å².